The molecule has 1 N–H and O–H groups in total. The van der Waals surface area contributed by atoms with Crippen molar-refractivity contribution in [1.82, 2.24) is 10.2 Å². The van der Waals surface area contributed by atoms with Gasteiger partial charge in [-0.25, -0.2) is 0 Å². The summed E-state index contributed by atoms with van der Waals surface area (Å²) in [6.45, 7) is 7.67. The Morgan fingerprint density at radius 2 is 1.55 bits per heavy atom. The normalized spacial score (nSPS) is 15.3. The zero-order chi connectivity index (χ0) is 15.2. The first-order chi connectivity index (χ1) is 10.8. The van der Waals surface area contributed by atoms with E-state index in [0.717, 1.165) is 19.6 Å². The van der Waals surface area contributed by atoms with Gasteiger partial charge in [-0.15, -0.1) is 0 Å². The van der Waals surface area contributed by atoms with E-state index in [0.29, 0.717) is 0 Å². The maximum atomic E-state index is 3.54. The Labute approximate surface area is 134 Å². The van der Waals surface area contributed by atoms with Gasteiger partial charge in [0.2, 0.25) is 0 Å². The summed E-state index contributed by atoms with van der Waals surface area (Å²) < 4.78 is 0. The Bertz CT molecular complexity index is 583. The minimum Gasteiger partial charge on any atom is -0.309 e. The topological polar surface area (TPSA) is 15.3 Å². The van der Waals surface area contributed by atoms with Crippen LogP contribution in [0.2, 0.25) is 0 Å². The van der Waals surface area contributed by atoms with Crippen molar-refractivity contribution in [3.05, 3.63) is 70.8 Å². The highest BCUT2D eigenvalue weighted by atomic mass is 15.1. The molecule has 1 fully saturated rings. The molecule has 2 aromatic carbocycles. The number of benzene rings is 2. The Morgan fingerprint density at radius 1 is 0.864 bits per heavy atom. The Balaban J connectivity index is 1.47. The molecule has 0 spiro atoms. The lowest BCUT2D eigenvalue weighted by molar-refractivity contribution is 0.331. The van der Waals surface area contributed by atoms with E-state index < -0.39 is 0 Å². The SMILES string of the molecule is Cc1ccccc1CNCc1ccc(CN2CCCC2)cc1. The summed E-state index contributed by atoms with van der Waals surface area (Å²) >= 11 is 0. The second-order valence-corrected chi connectivity index (χ2v) is 6.33. The Kier molecular flexibility index (Phi) is 5.25. The molecule has 0 saturated carbocycles. The monoisotopic (exact) mass is 294 g/mol. The van der Waals surface area contributed by atoms with Gasteiger partial charge in [0.05, 0.1) is 0 Å². The molecular formula is C20H26N2. The third kappa shape index (κ3) is 4.19. The van der Waals surface area contributed by atoms with Crippen LogP contribution in [-0.2, 0) is 19.6 Å². The number of hydrogen-bond donors (Lipinski definition) is 1. The molecule has 1 saturated heterocycles. The molecule has 0 unspecified atom stereocenters. The molecule has 0 aromatic heterocycles. The first-order valence-corrected chi connectivity index (χ1v) is 8.37. The van der Waals surface area contributed by atoms with Crippen LogP contribution >= 0.6 is 0 Å². The van der Waals surface area contributed by atoms with Crippen LogP contribution in [0.3, 0.4) is 0 Å². The van der Waals surface area contributed by atoms with E-state index in [9.17, 15) is 0 Å². The smallest absolute Gasteiger partial charge is 0.0233 e. The molecule has 0 bridgehead atoms. The average molecular weight is 294 g/mol. The fraction of sp³-hybridized carbons (Fsp3) is 0.400. The lowest BCUT2D eigenvalue weighted by atomic mass is 10.1. The van der Waals surface area contributed by atoms with Gasteiger partial charge in [-0.3, -0.25) is 4.90 Å². The van der Waals surface area contributed by atoms with Crippen molar-refractivity contribution in [2.24, 2.45) is 0 Å². The summed E-state index contributed by atoms with van der Waals surface area (Å²) in [6, 6.07) is 17.7. The number of aryl methyl sites for hydroxylation is 1. The highest BCUT2D eigenvalue weighted by Gasteiger charge is 2.11. The maximum absolute atomic E-state index is 3.54. The fourth-order valence-electron chi connectivity index (χ4n) is 3.11. The predicted octanol–water partition coefficient (Wildman–Crippen LogP) is 3.88. The van der Waals surface area contributed by atoms with Gasteiger partial charge in [0, 0.05) is 19.6 Å². The minimum atomic E-state index is 0.929. The molecule has 0 atom stereocenters. The van der Waals surface area contributed by atoms with Crippen molar-refractivity contribution in [2.75, 3.05) is 13.1 Å². The lowest BCUT2D eigenvalue weighted by Crippen LogP contribution is -2.18. The number of nitrogens with one attached hydrogen (secondary N) is 1. The molecule has 1 aliphatic heterocycles. The van der Waals surface area contributed by atoms with Crippen LogP contribution in [0.25, 0.3) is 0 Å². The van der Waals surface area contributed by atoms with E-state index in [1.807, 2.05) is 0 Å². The van der Waals surface area contributed by atoms with Crippen LogP contribution in [0.5, 0.6) is 0 Å². The Hall–Kier alpha value is -1.64. The number of nitrogens with zero attached hydrogens (tertiary/aromatic N) is 1. The van der Waals surface area contributed by atoms with E-state index in [1.54, 1.807) is 0 Å². The van der Waals surface area contributed by atoms with E-state index in [-0.39, 0.29) is 0 Å². The molecular weight excluding hydrogens is 268 g/mol. The zero-order valence-electron chi connectivity index (χ0n) is 13.5. The van der Waals surface area contributed by atoms with Crippen LogP contribution in [0.1, 0.15) is 35.1 Å². The van der Waals surface area contributed by atoms with Crippen molar-refractivity contribution in [3.8, 4) is 0 Å². The molecule has 3 rings (SSSR count). The van der Waals surface area contributed by atoms with Gasteiger partial charge in [0.15, 0.2) is 0 Å². The van der Waals surface area contributed by atoms with Crippen LogP contribution in [0.4, 0.5) is 0 Å². The zero-order valence-corrected chi connectivity index (χ0v) is 13.5. The second kappa shape index (κ2) is 7.57. The summed E-state index contributed by atoms with van der Waals surface area (Å²) in [5, 5.41) is 3.54. The average Bonchev–Trinajstić information content (AvgIpc) is 3.04. The highest BCUT2D eigenvalue weighted by molar-refractivity contribution is 5.26. The minimum absolute atomic E-state index is 0.929. The quantitative estimate of drug-likeness (QED) is 0.870. The van der Waals surface area contributed by atoms with Crippen LogP contribution in [-0.4, -0.2) is 18.0 Å². The van der Waals surface area contributed by atoms with Crippen LogP contribution in [0, 0.1) is 6.92 Å². The maximum Gasteiger partial charge on any atom is 0.0233 e. The molecule has 0 amide bonds. The molecule has 2 heteroatoms. The molecule has 2 aromatic rings. The Morgan fingerprint density at radius 3 is 2.27 bits per heavy atom. The number of likely N-dealkylation sites (tertiary alicyclic amines) is 1. The van der Waals surface area contributed by atoms with Crippen molar-refractivity contribution in [3.63, 3.8) is 0 Å². The third-order valence-electron chi connectivity index (χ3n) is 4.53. The molecule has 22 heavy (non-hydrogen) atoms. The lowest BCUT2D eigenvalue weighted by Gasteiger charge is -2.14. The first-order valence-electron chi connectivity index (χ1n) is 8.37. The fourth-order valence-corrected chi connectivity index (χ4v) is 3.11. The molecule has 1 heterocycles. The van der Waals surface area contributed by atoms with Gasteiger partial charge in [0.1, 0.15) is 0 Å². The summed E-state index contributed by atoms with van der Waals surface area (Å²) in [6.07, 6.45) is 2.72. The molecule has 116 valence electrons. The van der Waals surface area contributed by atoms with Gasteiger partial charge >= 0.3 is 0 Å². The third-order valence-corrected chi connectivity index (χ3v) is 4.53. The highest BCUT2D eigenvalue weighted by Crippen LogP contribution is 2.13. The van der Waals surface area contributed by atoms with Gasteiger partial charge in [-0.05, 0) is 55.1 Å². The van der Waals surface area contributed by atoms with Gasteiger partial charge in [0.25, 0.3) is 0 Å². The van der Waals surface area contributed by atoms with Gasteiger partial charge in [-0.2, -0.15) is 0 Å². The van der Waals surface area contributed by atoms with E-state index in [4.69, 9.17) is 0 Å². The van der Waals surface area contributed by atoms with E-state index >= 15 is 0 Å². The summed E-state index contributed by atoms with van der Waals surface area (Å²) in [5.74, 6) is 0. The number of rotatable bonds is 6. The standard InChI is InChI=1S/C20H26N2/c1-17-6-2-3-7-20(17)15-21-14-18-8-10-19(11-9-18)16-22-12-4-5-13-22/h2-3,6-11,21H,4-5,12-16H2,1H3. The number of hydrogen-bond acceptors (Lipinski definition) is 2. The largest absolute Gasteiger partial charge is 0.309 e. The predicted molar refractivity (Wildman–Crippen MR) is 92.7 cm³/mol. The molecule has 2 nitrogen and oxygen atoms in total. The van der Waals surface area contributed by atoms with Crippen LogP contribution < -0.4 is 5.32 Å². The summed E-state index contributed by atoms with van der Waals surface area (Å²) in [7, 11) is 0. The molecule has 1 aliphatic rings. The van der Waals surface area contributed by atoms with E-state index in [1.165, 1.54) is 48.2 Å². The summed E-state index contributed by atoms with van der Waals surface area (Å²) in [4.78, 5) is 2.55. The molecule has 0 radical (unpaired) electrons. The van der Waals surface area contributed by atoms with Crippen molar-refractivity contribution < 1.29 is 0 Å². The summed E-state index contributed by atoms with van der Waals surface area (Å²) in [5.41, 5.74) is 5.53. The molecule has 0 aliphatic carbocycles. The van der Waals surface area contributed by atoms with Crippen LogP contribution in [0.15, 0.2) is 48.5 Å². The van der Waals surface area contributed by atoms with Gasteiger partial charge in [-0.1, -0.05) is 48.5 Å². The second-order valence-electron chi connectivity index (χ2n) is 6.33. The van der Waals surface area contributed by atoms with Gasteiger partial charge < -0.3 is 5.32 Å². The first kappa shape index (κ1) is 15.3. The van der Waals surface area contributed by atoms with Crippen molar-refractivity contribution >= 4 is 0 Å². The van der Waals surface area contributed by atoms with Crippen molar-refractivity contribution in [2.45, 2.75) is 39.4 Å². The van der Waals surface area contributed by atoms with E-state index in [2.05, 4.69) is 65.7 Å². The van der Waals surface area contributed by atoms with Crippen molar-refractivity contribution in [1.29, 1.82) is 0 Å².